The average molecular weight is 346 g/mol. The lowest BCUT2D eigenvalue weighted by Crippen LogP contribution is -2.56. The van der Waals surface area contributed by atoms with Crippen molar-refractivity contribution in [3.05, 3.63) is 23.8 Å². The van der Waals surface area contributed by atoms with Crippen LogP contribution in [0.15, 0.2) is 12.5 Å². The number of aliphatic carboxylic acids is 1. The molecule has 0 unspecified atom stereocenters. The minimum atomic E-state index is -0.959. The van der Waals surface area contributed by atoms with E-state index in [1.54, 1.807) is 11.1 Å². The fourth-order valence-electron chi connectivity index (χ4n) is 3.84. The molecule has 2 N–H and O–H groups in total. The molecule has 1 atom stereocenters. The summed E-state index contributed by atoms with van der Waals surface area (Å²) in [6, 6.07) is 0. The van der Waals surface area contributed by atoms with Gasteiger partial charge in [-0.3, -0.25) is 14.4 Å². The first-order chi connectivity index (χ1) is 12.0. The number of aromatic nitrogens is 2. The normalized spacial score (nSPS) is 22.0. The molecule has 1 spiro atoms. The first kappa shape index (κ1) is 17.3. The van der Waals surface area contributed by atoms with Crippen molar-refractivity contribution in [1.82, 2.24) is 20.2 Å². The number of rotatable bonds is 4. The third-order valence-corrected chi connectivity index (χ3v) is 5.20. The lowest BCUT2D eigenvalue weighted by atomic mass is 9.77. The molecular formula is C17H22N4O4. The van der Waals surface area contributed by atoms with E-state index in [1.807, 2.05) is 6.92 Å². The van der Waals surface area contributed by atoms with Crippen LogP contribution in [0.1, 0.15) is 48.7 Å². The van der Waals surface area contributed by atoms with E-state index in [2.05, 4.69) is 15.3 Å². The van der Waals surface area contributed by atoms with Gasteiger partial charge in [-0.15, -0.1) is 0 Å². The molecule has 8 heteroatoms. The largest absolute Gasteiger partial charge is 0.481 e. The van der Waals surface area contributed by atoms with Crippen LogP contribution in [0.4, 0.5) is 0 Å². The van der Waals surface area contributed by atoms with E-state index in [0.29, 0.717) is 37.9 Å². The predicted octanol–water partition coefficient (Wildman–Crippen LogP) is 0.625. The zero-order valence-electron chi connectivity index (χ0n) is 14.2. The number of carboxylic acid groups (broad SMARTS) is 1. The summed E-state index contributed by atoms with van der Waals surface area (Å²) in [6.07, 6.45) is 5.47. The Bertz CT molecular complexity index is 698. The average Bonchev–Trinajstić information content (AvgIpc) is 2.92. The summed E-state index contributed by atoms with van der Waals surface area (Å²) in [5.41, 5.74) is 0.505. The van der Waals surface area contributed by atoms with E-state index in [1.165, 1.54) is 6.33 Å². The molecule has 0 saturated carbocycles. The van der Waals surface area contributed by atoms with Gasteiger partial charge < -0.3 is 15.3 Å². The maximum absolute atomic E-state index is 12.8. The lowest BCUT2D eigenvalue weighted by Gasteiger charge is -2.41. The van der Waals surface area contributed by atoms with Gasteiger partial charge in [0, 0.05) is 25.7 Å². The van der Waals surface area contributed by atoms with E-state index >= 15 is 0 Å². The number of nitrogens with one attached hydrogen (secondary N) is 1. The topological polar surface area (TPSA) is 112 Å². The van der Waals surface area contributed by atoms with Crippen LogP contribution in [-0.4, -0.2) is 56.4 Å². The van der Waals surface area contributed by atoms with Crippen molar-refractivity contribution in [1.29, 1.82) is 0 Å². The zero-order chi connectivity index (χ0) is 18.0. The number of hydrogen-bond donors (Lipinski definition) is 2. The van der Waals surface area contributed by atoms with Gasteiger partial charge >= 0.3 is 5.97 Å². The standard InChI is InChI=1S/C17H22N4O4/c1-2-3-13-11(9-18-10-19-13)15(23)21-6-4-17(5-7-21)12(16(24)25)8-14(22)20-17/h9-10,12H,2-8H2,1H3,(H,20,22)(H,24,25)/t12-/m0/s1. The Morgan fingerprint density at radius 3 is 2.76 bits per heavy atom. The molecule has 0 aromatic carbocycles. The molecule has 0 aliphatic carbocycles. The fourth-order valence-corrected chi connectivity index (χ4v) is 3.84. The van der Waals surface area contributed by atoms with Crippen molar-refractivity contribution < 1.29 is 19.5 Å². The van der Waals surface area contributed by atoms with Gasteiger partial charge in [0.2, 0.25) is 5.91 Å². The molecule has 1 aromatic heterocycles. The van der Waals surface area contributed by atoms with E-state index in [-0.39, 0.29) is 18.2 Å². The predicted molar refractivity (Wildman–Crippen MR) is 87.8 cm³/mol. The molecular weight excluding hydrogens is 324 g/mol. The molecule has 25 heavy (non-hydrogen) atoms. The van der Waals surface area contributed by atoms with Crippen LogP contribution in [-0.2, 0) is 16.0 Å². The van der Waals surface area contributed by atoms with Crippen LogP contribution >= 0.6 is 0 Å². The third kappa shape index (κ3) is 3.20. The van der Waals surface area contributed by atoms with Gasteiger partial charge in [-0.05, 0) is 19.3 Å². The fraction of sp³-hybridized carbons (Fsp3) is 0.588. The number of likely N-dealkylation sites (tertiary alicyclic amines) is 1. The maximum Gasteiger partial charge on any atom is 0.309 e. The van der Waals surface area contributed by atoms with Gasteiger partial charge in [0.1, 0.15) is 6.33 Å². The quantitative estimate of drug-likeness (QED) is 0.827. The first-order valence-electron chi connectivity index (χ1n) is 8.59. The monoisotopic (exact) mass is 346 g/mol. The van der Waals surface area contributed by atoms with Gasteiger partial charge in [-0.25, -0.2) is 9.97 Å². The first-order valence-corrected chi connectivity index (χ1v) is 8.59. The number of nitrogens with zero attached hydrogens (tertiary/aromatic N) is 3. The molecule has 2 amide bonds. The Balaban J connectivity index is 1.73. The number of piperidine rings is 1. The minimum Gasteiger partial charge on any atom is -0.481 e. The molecule has 0 radical (unpaired) electrons. The number of carbonyl (C=O) groups excluding carboxylic acids is 2. The van der Waals surface area contributed by atoms with Crippen LogP contribution < -0.4 is 5.32 Å². The Morgan fingerprint density at radius 1 is 1.40 bits per heavy atom. The molecule has 134 valence electrons. The lowest BCUT2D eigenvalue weighted by molar-refractivity contribution is -0.144. The second-order valence-electron chi connectivity index (χ2n) is 6.72. The van der Waals surface area contributed by atoms with Crippen LogP contribution in [0, 0.1) is 5.92 Å². The van der Waals surface area contributed by atoms with Crippen LogP contribution in [0.2, 0.25) is 0 Å². The molecule has 8 nitrogen and oxygen atoms in total. The number of aryl methyl sites for hydroxylation is 1. The van der Waals surface area contributed by atoms with Crippen LogP contribution in [0.3, 0.4) is 0 Å². The number of amides is 2. The van der Waals surface area contributed by atoms with Crippen molar-refractivity contribution in [3.63, 3.8) is 0 Å². The second-order valence-corrected chi connectivity index (χ2v) is 6.72. The van der Waals surface area contributed by atoms with Crippen molar-refractivity contribution in [3.8, 4) is 0 Å². The number of hydrogen-bond acceptors (Lipinski definition) is 5. The van der Waals surface area contributed by atoms with E-state index in [4.69, 9.17) is 0 Å². The van der Waals surface area contributed by atoms with Crippen molar-refractivity contribution in [2.75, 3.05) is 13.1 Å². The van der Waals surface area contributed by atoms with Crippen LogP contribution in [0.5, 0.6) is 0 Å². The highest BCUT2D eigenvalue weighted by Gasteiger charge is 2.52. The molecule has 3 heterocycles. The smallest absolute Gasteiger partial charge is 0.309 e. The van der Waals surface area contributed by atoms with Crippen molar-refractivity contribution in [2.24, 2.45) is 5.92 Å². The summed E-state index contributed by atoms with van der Waals surface area (Å²) in [4.78, 5) is 45.9. The van der Waals surface area contributed by atoms with E-state index in [9.17, 15) is 19.5 Å². The van der Waals surface area contributed by atoms with Crippen molar-refractivity contribution >= 4 is 17.8 Å². The Hall–Kier alpha value is -2.51. The molecule has 0 bridgehead atoms. The Morgan fingerprint density at radius 2 is 2.12 bits per heavy atom. The zero-order valence-corrected chi connectivity index (χ0v) is 14.2. The number of carboxylic acids is 1. The maximum atomic E-state index is 12.8. The summed E-state index contributed by atoms with van der Waals surface area (Å²) in [5, 5.41) is 12.3. The molecule has 2 aliphatic heterocycles. The summed E-state index contributed by atoms with van der Waals surface area (Å²) in [7, 11) is 0. The second kappa shape index (κ2) is 6.78. The van der Waals surface area contributed by atoms with E-state index < -0.39 is 17.4 Å². The summed E-state index contributed by atoms with van der Waals surface area (Å²) >= 11 is 0. The number of carbonyl (C=O) groups is 3. The van der Waals surface area contributed by atoms with Crippen LogP contribution in [0.25, 0.3) is 0 Å². The Labute approximate surface area is 145 Å². The molecule has 3 rings (SSSR count). The molecule has 2 aliphatic rings. The third-order valence-electron chi connectivity index (χ3n) is 5.20. The van der Waals surface area contributed by atoms with E-state index in [0.717, 1.165) is 12.1 Å². The Kier molecular flexibility index (Phi) is 4.69. The van der Waals surface area contributed by atoms with Gasteiger partial charge in [-0.1, -0.05) is 13.3 Å². The minimum absolute atomic E-state index is 0.0104. The highest BCUT2D eigenvalue weighted by atomic mass is 16.4. The summed E-state index contributed by atoms with van der Waals surface area (Å²) in [6.45, 7) is 2.84. The van der Waals surface area contributed by atoms with Gasteiger partial charge in [0.05, 0.1) is 22.7 Å². The SMILES string of the molecule is CCCc1ncncc1C(=O)N1CCC2(CC1)NC(=O)C[C@H]2C(=O)O. The summed E-state index contributed by atoms with van der Waals surface area (Å²) < 4.78 is 0. The molecule has 2 saturated heterocycles. The summed E-state index contributed by atoms with van der Waals surface area (Å²) in [5.74, 6) is -2.04. The molecule has 2 fully saturated rings. The van der Waals surface area contributed by atoms with Crippen molar-refractivity contribution in [2.45, 2.75) is 44.6 Å². The highest BCUT2D eigenvalue weighted by Crippen LogP contribution is 2.37. The van der Waals surface area contributed by atoms with Gasteiger partial charge in [0.25, 0.3) is 5.91 Å². The van der Waals surface area contributed by atoms with Gasteiger partial charge in [0.15, 0.2) is 0 Å². The van der Waals surface area contributed by atoms with Gasteiger partial charge in [-0.2, -0.15) is 0 Å². The molecule has 1 aromatic rings. The highest BCUT2D eigenvalue weighted by molar-refractivity contribution is 5.95.